The molecule has 0 amide bonds. The molecule has 0 spiro atoms. The lowest BCUT2D eigenvalue weighted by molar-refractivity contribution is 0.387. The summed E-state index contributed by atoms with van der Waals surface area (Å²) in [5.41, 5.74) is 1.02. The summed E-state index contributed by atoms with van der Waals surface area (Å²) in [4.78, 5) is 15.0. The molecular weight excluding hydrogens is 384 g/mol. The van der Waals surface area contributed by atoms with Crippen LogP contribution in [0.25, 0.3) is 0 Å². The van der Waals surface area contributed by atoms with Gasteiger partial charge in [0.2, 0.25) is 0 Å². The Morgan fingerprint density at radius 2 is 1.83 bits per heavy atom. The fourth-order valence-corrected chi connectivity index (χ4v) is 4.58. The largest absolute Gasteiger partial charge is 0.507 e. The van der Waals surface area contributed by atoms with Crippen molar-refractivity contribution in [3.63, 3.8) is 0 Å². The molecule has 0 fully saturated rings. The molecule has 4 nitrogen and oxygen atoms in total. The lowest BCUT2D eigenvalue weighted by Crippen LogP contribution is -2.12. The van der Waals surface area contributed by atoms with Crippen molar-refractivity contribution in [1.29, 1.82) is 0 Å². The van der Waals surface area contributed by atoms with E-state index >= 15 is 0 Å². The maximum Gasteiger partial charge on any atom is 0.343 e. The molecule has 3 rings (SSSR count). The highest BCUT2D eigenvalue weighted by Crippen LogP contribution is 2.29. The van der Waals surface area contributed by atoms with E-state index in [1.165, 1.54) is 4.88 Å². The van der Waals surface area contributed by atoms with Gasteiger partial charge in [-0.3, -0.25) is 0 Å². The molecule has 2 heterocycles. The zero-order chi connectivity index (χ0) is 20.8. The molecule has 1 aromatic carbocycles. The van der Waals surface area contributed by atoms with Gasteiger partial charge in [-0.25, -0.2) is 4.79 Å². The molecule has 3 aromatic rings. The second kappa shape index (κ2) is 9.79. The van der Waals surface area contributed by atoms with E-state index in [2.05, 4.69) is 19.9 Å². The zero-order valence-electron chi connectivity index (χ0n) is 17.2. The van der Waals surface area contributed by atoms with Crippen molar-refractivity contribution in [2.24, 2.45) is 0 Å². The third-order valence-corrected chi connectivity index (χ3v) is 6.29. The van der Waals surface area contributed by atoms with E-state index < -0.39 is 5.63 Å². The van der Waals surface area contributed by atoms with Gasteiger partial charge in [-0.05, 0) is 49.1 Å². The number of aromatic hydroxyl groups is 1. The molecule has 0 bridgehead atoms. The fourth-order valence-electron chi connectivity index (χ4n) is 3.45. The van der Waals surface area contributed by atoms with Crippen LogP contribution in [0.3, 0.4) is 0 Å². The Bertz CT molecular complexity index is 985. The first-order chi connectivity index (χ1) is 14.0. The van der Waals surface area contributed by atoms with E-state index in [0.717, 1.165) is 41.9 Å². The number of ether oxygens (including phenoxy) is 1. The molecule has 5 heteroatoms. The third-order valence-electron chi connectivity index (χ3n) is 5.15. The van der Waals surface area contributed by atoms with Gasteiger partial charge in [0, 0.05) is 28.2 Å². The molecule has 29 heavy (non-hydrogen) atoms. The van der Waals surface area contributed by atoms with E-state index in [1.54, 1.807) is 24.5 Å². The minimum Gasteiger partial charge on any atom is -0.507 e. The van der Waals surface area contributed by atoms with Crippen molar-refractivity contribution in [1.82, 2.24) is 0 Å². The maximum absolute atomic E-state index is 12.6. The van der Waals surface area contributed by atoms with Crippen LogP contribution in [0.4, 0.5) is 0 Å². The van der Waals surface area contributed by atoms with Gasteiger partial charge < -0.3 is 14.3 Å². The molecule has 2 aromatic heterocycles. The summed E-state index contributed by atoms with van der Waals surface area (Å²) in [5.74, 6) is 1.39. The summed E-state index contributed by atoms with van der Waals surface area (Å²) in [7, 11) is 1.64. The van der Waals surface area contributed by atoms with E-state index in [9.17, 15) is 9.90 Å². The second-order valence-electron chi connectivity index (χ2n) is 7.25. The van der Waals surface area contributed by atoms with Crippen molar-refractivity contribution >= 4 is 11.3 Å². The van der Waals surface area contributed by atoms with Gasteiger partial charge >= 0.3 is 5.63 Å². The molecule has 1 unspecified atom stereocenters. The SMILES string of the molecule is CCCc1ccc(Cc2c(O)cc(C(CC)Cc3ccc(OC)cc3)oc2=O)s1. The third kappa shape index (κ3) is 5.30. The smallest absolute Gasteiger partial charge is 0.343 e. The summed E-state index contributed by atoms with van der Waals surface area (Å²) >= 11 is 1.69. The second-order valence-corrected chi connectivity index (χ2v) is 8.51. The Balaban J connectivity index is 1.79. The molecule has 0 saturated carbocycles. The van der Waals surface area contributed by atoms with Crippen LogP contribution < -0.4 is 10.4 Å². The average Bonchev–Trinajstić information content (AvgIpc) is 3.16. The van der Waals surface area contributed by atoms with E-state index in [1.807, 2.05) is 30.3 Å². The molecular formula is C24H28O4S. The Labute approximate surface area is 175 Å². The van der Waals surface area contributed by atoms with Crippen molar-refractivity contribution in [3.05, 3.63) is 79.5 Å². The van der Waals surface area contributed by atoms with E-state index in [0.29, 0.717) is 17.7 Å². The normalized spacial score (nSPS) is 12.1. The number of aryl methyl sites for hydroxylation is 1. The lowest BCUT2D eigenvalue weighted by atomic mass is 9.93. The molecule has 1 atom stereocenters. The zero-order valence-corrected chi connectivity index (χ0v) is 18.1. The molecule has 0 aliphatic carbocycles. The minimum atomic E-state index is -0.446. The summed E-state index contributed by atoms with van der Waals surface area (Å²) in [6, 6.07) is 13.6. The van der Waals surface area contributed by atoms with Crippen LogP contribution >= 0.6 is 11.3 Å². The van der Waals surface area contributed by atoms with Gasteiger partial charge in [-0.15, -0.1) is 11.3 Å². The van der Waals surface area contributed by atoms with Crippen LogP contribution in [-0.2, 0) is 19.3 Å². The first-order valence-corrected chi connectivity index (χ1v) is 10.9. The van der Waals surface area contributed by atoms with Gasteiger partial charge in [0.25, 0.3) is 0 Å². The number of rotatable bonds is 9. The Morgan fingerprint density at radius 1 is 1.10 bits per heavy atom. The maximum atomic E-state index is 12.6. The molecule has 0 aliphatic rings. The lowest BCUT2D eigenvalue weighted by Gasteiger charge is -2.15. The molecule has 0 aliphatic heterocycles. The number of hydrogen-bond donors (Lipinski definition) is 1. The minimum absolute atomic E-state index is 0.0222. The van der Waals surface area contributed by atoms with Gasteiger partial charge in [-0.2, -0.15) is 0 Å². The van der Waals surface area contributed by atoms with Crippen molar-refractivity contribution in [2.45, 2.75) is 51.9 Å². The molecule has 0 saturated heterocycles. The highest BCUT2D eigenvalue weighted by atomic mass is 32.1. The fraction of sp³-hybridized carbons (Fsp3) is 0.375. The molecule has 1 N–H and O–H groups in total. The van der Waals surface area contributed by atoms with Crippen LogP contribution in [0.5, 0.6) is 11.5 Å². The number of thiophene rings is 1. The highest BCUT2D eigenvalue weighted by molar-refractivity contribution is 7.12. The topological polar surface area (TPSA) is 59.7 Å². The first-order valence-electron chi connectivity index (χ1n) is 10.1. The summed E-state index contributed by atoms with van der Waals surface area (Å²) in [6.07, 6.45) is 4.06. The van der Waals surface area contributed by atoms with Crippen LogP contribution in [-0.4, -0.2) is 12.2 Å². The number of hydrogen-bond acceptors (Lipinski definition) is 5. The standard InChI is InChI=1S/C24H28O4S/c1-4-6-19-11-12-20(29-19)14-21-22(25)15-23(28-24(21)26)17(5-2)13-16-7-9-18(27-3)10-8-16/h7-12,15,17,25H,4-6,13-14H2,1-3H3. The van der Waals surface area contributed by atoms with E-state index in [4.69, 9.17) is 9.15 Å². The Morgan fingerprint density at radius 3 is 2.45 bits per heavy atom. The predicted molar refractivity (Wildman–Crippen MR) is 117 cm³/mol. The summed E-state index contributed by atoms with van der Waals surface area (Å²) in [6.45, 7) is 4.20. The van der Waals surface area contributed by atoms with Crippen LogP contribution in [0.2, 0.25) is 0 Å². The quantitative estimate of drug-likeness (QED) is 0.490. The highest BCUT2D eigenvalue weighted by Gasteiger charge is 2.19. The summed E-state index contributed by atoms with van der Waals surface area (Å²) in [5, 5.41) is 10.6. The van der Waals surface area contributed by atoms with Crippen molar-refractivity contribution in [3.8, 4) is 11.5 Å². The first kappa shape index (κ1) is 21.2. The predicted octanol–water partition coefficient (Wildman–Crippen LogP) is 5.70. The Hall–Kier alpha value is -2.53. The summed E-state index contributed by atoms with van der Waals surface area (Å²) < 4.78 is 10.9. The van der Waals surface area contributed by atoms with Gasteiger partial charge in [0.15, 0.2) is 0 Å². The molecule has 0 radical (unpaired) electrons. The van der Waals surface area contributed by atoms with Crippen LogP contribution in [0.15, 0.2) is 51.7 Å². The number of benzene rings is 1. The van der Waals surface area contributed by atoms with Crippen LogP contribution in [0, 0.1) is 0 Å². The Kier molecular flexibility index (Phi) is 7.15. The molecule has 154 valence electrons. The number of methoxy groups -OCH3 is 1. The van der Waals surface area contributed by atoms with Crippen molar-refractivity contribution in [2.75, 3.05) is 7.11 Å². The average molecular weight is 413 g/mol. The van der Waals surface area contributed by atoms with E-state index in [-0.39, 0.29) is 11.7 Å². The van der Waals surface area contributed by atoms with Crippen molar-refractivity contribution < 1.29 is 14.3 Å². The van der Waals surface area contributed by atoms with Gasteiger partial charge in [0.1, 0.15) is 17.3 Å². The monoisotopic (exact) mass is 412 g/mol. The van der Waals surface area contributed by atoms with Gasteiger partial charge in [0.05, 0.1) is 12.7 Å². The van der Waals surface area contributed by atoms with Crippen LogP contribution in [0.1, 0.15) is 59.2 Å². The van der Waals surface area contributed by atoms with Gasteiger partial charge in [-0.1, -0.05) is 32.4 Å².